The number of benzene rings is 1. The van der Waals surface area contributed by atoms with Gasteiger partial charge in [0.05, 0.1) is 4.21 Å². The lowest BCUT2D eigenvalue weighted by atomic mass is 9.93. The molecule has 1 N–H and O–H groups in total. The summed E-state index contributed by atoms with van der Waals surface area (Å²) < 4.78 is 31.7. The zero-order valence-electron chi connectivity index (χ0n) is 17.3. The van der Waals surface area contributed by atoms with Gasteiger partial charge in [0.1, 0.15) is 12.2 Å². The minimum Gasteiger partial charge on any atom is -0.502 e. The number of fused-ring (bicyclic) bond motifs is 4. The van der Waals surface area contributed by atoms with Crippen LogP contribution in [0.3, 0.4) is 0 Å². The molecule has 10 heteroatoms. The quantitative estimate of drug-likeness (QED) is 0.558. The standard InChI is InChI=1S/C23H19F2N3O3S2/c24-15-5-4-12-14(18(15)25)11-33-23-13(7-10-32-23)19(12)28-17-3-1-2-8-26(17)22(31)20-21(30)16(29)6-9-27(20)28/h4-7,9-10,17,19,30H,1-3,8,11H2. The van der Waals surface area contributed by atoms with E-state index < -0.39 is 34.8 Å². The van der Waals surface area contributed by atoms with Crippen molar-refractivity contribution in [3.63, 3.8) is 0 Å². The minimum atomic E-state index is -0.895. The highest BCUT2D eigenvalue weighted by Gasteiger charge is 2.45. The molecule has 1 saturated heterocycles. The van der Waals surface area contributed by atoms with Crippen LogP contribution >= 0.6 is 23.1 Å². The number of pyridine rings is 1. The molecule has 1 aromatic carbocycles. The SMILES string of the molecule is O=C1c2c(O)c(=O)ccn2N(C2c3ccsc3SCc3c2ccc(F)c3F)C2CCCCN12. The molecule has 1 fully saturated rings. The van der Waals surface area contributed by atoms with Crippen molar-refractivity contribution in [3.8, 4) is 5.75 Å². The summed E-state index contributed by atoms with van der Waals surface area (Å²) in [5.41, 5.74) is 1.10. The average molecular weight is 488 g/mol. The molecule has 6 nitrogen and oxygen atoms in total. The van der Waals surface area contributed by atoms with Gasteiger partial charge in [0.25, 0.3) is 5.91 Å². The van der Waals surface area contributed by atoms with Crippen LogP contribution in [0.1, 0.15) is 52.5 Å². The number of hydrogen-bond donors (Lipinski definition) is 1. The molecule has 0 spiro atoms. The van der Waals surface area contributed by atoms with E-state index in [4.69, 9.17) is 0 Å². The predicted octanol–water partition coefficient (Wildman–Crippen LogP) is 4.19. The van der Waals surface area contributed by atoms with Crippen LogP contribution in [-0.2, 0) is 5.75 Å². The number of aromatic nitrogens is 1. The van der Waals surface area contributed by atoms with Crippen LogP contribution in [0.15, 0.2) is 44.8 Å². The zero-order valence-corrected chi connectivity index (χ0v) is 19.0. The minimum absolute atomic E-state index is 0.0986. The Hall–Kier alpha value is -2.85. The molecule has 170 valence electrons. The van der Waals surface area contributed by atoms with E-state index >= 15 is 0 Å². The molecule has 0 saturated carbocycles. The summed E-state index contributed by atoms with van der Waals surface area (Å²) in [7, 11) is 0. The first kappa shape index (κ1) is 20.7. The van der Waals surface area contributed by atoms with E-state index in [1.54, 1.807) is 15.6 Å². The summed E-state index contributed by atoms with van der Waals surface area (Å²) in [6, 6.07) is 5.41. The molecule has 2 aromatic heterocycles. The lowest BCUT2D eigenvalue weighted by Gasteiger charge is -2.51. The van der Waals surface area contributed by atoms with E-state index in [1.807, 2.05) is 16.5 Å². The van der Waals surface area contributed by atoms with Gasteiger partial charge < -0.3 is 10.0 Å². The summed E-state index contributed by atoms with van der Waals surface area (Å²) in [5, 5.41) is 14.5. The molecule has 0 bridgehead atoms. The Labute approximate surface area is 196 Å². The third-order valence-corrected chi connectivity index (χ3v) is 8.93. The smallest absolute Gasteiger partial charge is 0.278 e. The van der Waals surface area contributed by atoms with Crippen molar-refractivity contribution < 1.29 is 18.7 Å². The summed E-state index contributed by atoms with van der Waals surface area (Å²) in [4.78, 5) is 27.2. The zero-order chi connectivity index (χ0) is 22.9. The lowest BCUT2D eigenvalue weighted by Crippen LogP contribution is -2.63. The second-order valence-corrected chi connectivity index (χ2v) is 10.5. The number of rotatable bonds is 1. The number of piperidine rings is 1. The van der Waals surface area contributed by atoms with Gasteiger partial charge in [-0.1, -0.05) is 6.07 Å². The fourth-order valence-corrected chi connectivity index (χ4v) is 7.32. The number of nitrogens with zero attached hydrogens (tertiary/aromatic N) is 3. The third kappa shape index (κ3) is 2.96. The summed E-state index contributed by atoms with van der Waals surface area (Å²) in [6.07, 6.45) is 3.52. The molecule has 3 aliphatic rings. The fourth-order valence-electron chi connectivity index (χ4n) is 5.14. The van der Waals surface area contributed by atoms with Gasteiger partial charge in [0.2, 0.25) is 5.43 Å². The van der Waals surface area contributed by atoms with E-state index in [9.17, 15) is 23.5 Å². The van der Waals surface area contributed by atoms with E-state index in [1.165, 1.54) is 35.4 Å². The van der Waals surface area contributed by atoms with Crippen molar-refractivity contribution in [2.45, 2.75) is 41.4 Å². The van der Waals surface area contributed by atoms with Crippen molar-refractivity contribution in [3.05, 3.63) is 80.1 Å². The second kappa shape index (κ2) is 7.59. The molecule has 1 amide bonds. The van der Waals surface area contributed by atoms with Gasteiger partial charge in [0.15, 0.2) is 23.1 Å². The molecule has 6 rings (SSSR count). The van der Waals surface area contributed by atoms with Crippen LogP contribution in [0.25, 0.3) is 0 Å². The summed E-state index contributed by atoms with van der Waals surface area (Å²) in [6.45, 7) is 0.491. The number of thioether (sulfide) groups is 1. The van der Waals surface area contributed by atoms with Crippen LogP contribution in [0, 0.1) is 11.6 Å². The molecule has 2 unspecified atom stereocenters. The Balaban J connectivity index is 1.66. The van der Waals surface area contributed by atoms with Crippen molar-refractivity contribution in [2.75, 3.05) is 11.6 Å². The molecule has 5 heterocycles. The van der Waals surface area contributed by atoms with Gasteiger partial charge in [-0.3, -0.25) is 19.3 Å². The maximum atomic E-state index is 15.0. The average Bonchev–Trinajstić information content (AvgIpc) is 3.22. The van der Waals surface area contributed by atoms with Gasteiger partial charge in [-0.15, -0.1) is 23.1 Å². The normalized spacial score (nSPS) is 21.7. The maximum absolute atomic E-state index is 15.0. The largest absolute Gasteiger partial charge is 0.502 e. The first-order chi connectivity index (χ1) is 16.0. The molecular weight excluding hydrogens is 468 g/mol. The number of amides is 1. The van der Waals surface area contributed by atoms with E-state index in [0.29, 0.717) is 24.1 Å². The molecule has 0 radical (unpaired) electrons. The van der Waals surface area contributed by atoms with E-state index in [2.05, 4.69) is 0 Å². The number of carbonyl (C=O) groups excluding carboxylic acids is 1. The first-order valence-corrected chi connectivity index (χ1v) is 12.5. The van der Waals surface area contributed by atoms with Crippen molar-refractivity contribution in [2.24, 2.45) is 0 Å². The van der Waals surface area contributed by atoms with Gasteiger partial charge in [-0.25, -0.2) is 8.78 Å². The van der Waals surface area contributed by atoms with Crippen LogP contribution in [0.4, 0.5) is 8.78 Å². The van der Waals surface area contributed by atoms with Crippen LogP contribution in [0.5, 0.6) is 5.75 Å². The molecular formula is C23H19F2N3O3S2. The van der Waals surface area contributed by atoms with E-state index in [-0.39, 0.29) is 17.6 Å². The summed E-state index contributed by atoms with van der Waals surface area (Å²) >= 11 is 3.00. The Kier molecular flexibility index (Phi) is 4.77. The monoisotopic (exact) mass is 487 g/mol. The molecule has 0 aliphatic carbocycles. The number of carbonyl (C=O) groups is 1. The predicted molar refractivity (Wildman–Crippen MR) is 121 cm³/mol. The molecule has 2 atom stereocenters. The Morgan fingerprint density at radius 2 is 1.91 bits per heavy atom. The third-order valence-electron chi connectivity index (χ3n) is 6.63. The highest BCUT2D eigenvalue weighted by molar-refractivity contribution is 8.00. The molecule has 3 aliphatic heterocycles. The Morgan fingerprint density at radius 1 is 1.06 bits per heavy atom. The maximum Gasteiger partial charge on any atom is 0.278 e. The van der Waals surface area contributed by atoms with Crippen molar-refractivity contribution in [1.82, 2.24) is 9.58 Å². The van der Waals surface area contributed by atoms with E-state index in [0.717, 1.165) is 28.7 Å². The molecule has 3 aromatic rings. The topological polar surface area (TPSA) is 65.8 Å². The van der Waals surface area contributed by atoms with Gasteiger partial charge in [-0.2, -0.15) is 0 Å². The molecule has 33 heavy (non-hydrogen) atoms. The lowest BCUT2D eigenvalue weighted by molar-refractivity contribution is 0.0462. The van der Waals surface area contributed by atoms with Gasteiger partial charge in [-0.05, 0) is 42.3 Å². The second-order valence-electron chi connectivity index (χ2n) is 8.36. The number of aromatic hydroxyl groups is 1. The highest BCUT2D eigenvalue weighted by atomic mass is 32.2. The Morgan fingerprint density at radius 3 is 2.76 bits per heavy atom. The fraction of sp³-hybridized carbons (Fsp3) is 0.304. The number of hydrogen-bond acceptors (Lipinski definition) is 6. The van der Waals surface area contributed by atoms with Crippen molar-refractivity contribution in [1.29, 1.82) is 0 Å². The van der Waals surface area contributed by atoms with Crippen molar-refractivity contribution >= 4 is 29.0 Å². The van der Waals surface area contributed by atoms with Gasteiger partial charge in [0, 0.05) is 35.7 Å². The van der Waals surface area contributed by atoms with Crippen LogP contribution in [-0.4, -0.2) is 33.3 Å². The highest BCUT2D eigenvalue weighted by Crippen LogP contribution is 2.47. The number of halogens is 2. The summed E-state index contributed by atoms with van der Waals surface area (Å²) in [5.74, 6) is -2.47. The Bertz CT molecular complexity index is 1360. The van der Waals surface area contributed by atoms with Gasteiger partial charge >= 0.3 is 0 Å². The first-order valence-electron chi connectivity index (χ1n) is 10.7. The van der Waals surface area contributed by atoms with Crippen LogP contribution in [0.2, 0.25) is 0 Å². The number of thiophene rings is 1. The van der Waals surface area contributed by atoms with Crippen LogP contribution < -0.4 is 10.4 Å².